The summed E-state index contributed by atoms with van der Waals surface area (Å²) in [6.45, 7) is 2.12. The molecule has 156 valence electrons. The van der Waals surface area contributed by atoms with Crippen molar-refractivity contribution in [3.05, 3.63) is 59.4 Å². The Labute approximate surface area is 177 Å². The van der Waals surface area contributed by atoms with E-state index in [1.54, 1.807) is 43.5 Å². The van der Waals surface area contributed by atoms with Crippen LogP contribution in [-0.4, -0.2) is 23.5 Å². The highest BCUT2D eigenvalue weighted by molar-refractivity contribution is 6.04. The van der Waals surface area contributed by atoms with Crippen molar-refractivity contribution in [1.82, 2.24) is 4.98 Å². The molecule has 0 radical (unpaired) electrons. The van der Waals surface area contributed by atoms with Crippen LogP contribution in [0.4, 0.5) is 5.69 Å². The highest BCUT2D eigenvalue weighted by Gasteiger charge is 2.52. The van der Waals surface area contributed by atoms with Crippen LogP contribution in [0, 0.1) is 17.8 Å². The Hall–Kier alpha value is -2.69. The van der Waals surface area contributed by atoms with E-state index in [0.29, 0.717) is 23.4 Å². The van der Waals surface area contributed by atoms with Gasteiger partial charge in [0, 0.05) is 28.6 Å². The van der Waals surface area contributed by atoms with Crippen LogP contribution in [0.3, 0.4) is 0 Å². The molecule has 4 aliphatic rings. The van der Waals surface area contributed by atoms with Crippen LogP contribution >= 0.6 is 0 Å². The molecule has 6 rings (SSSR count). The molecule has 0 spiro atoms. The number of esters is 1. The molecule has 0 saturated heterocycles. The van der Waals surface area contributed by atoms with Gasteiger partial charge >= 0.3 is 5.97 Å². The average molecular weight is 405 g/mol. The molecule has 4 fully saturated rings. The molecule has 2 aromatic rings. The number of pyridine rings is 1. The Balaban J connectivity index is 1.32. The van der Waals surface area contributed by atoms with E-state index in [0.717, 1.165) is 23.4 Å². The molecule has 4 saturated carbocycles. The van der Waals surface area contributed by atoms with Gasteiger partial charge in [-0.05, 0) is 99.6 Å². The van der Waals surface area contributed by atoms with Crippen LogP contribution in [-0.2, 0) is 10.2 Å². The first-order chi connectivity index (χ1) is 14.5. The predicted octanol–water partition coefficient (Wildman–Crippen LogP) is 4.98. The third-order valence-corrected chi connectivity index (χ3v) is 7.26. The maximum Gasteiger partial charge on any atom is 0.338 e. The number of rotatable bonds is 5. The summed E-state index contributed by atoms with van der Waals surface area (Å²) in [6, 6.07) is 10.6. The smallest absolute Gasteiger partial charge is 0.338 e. The summed E-state index contributed by atoms with van der Waals surface area (Å²) >= 11 is 0. The normalized spacial score (nSPS) is 28.9. The lowest BCUT2D eigenvalue weighted by Gasteiger charge is -2.56. The summed E-state index contributed by atoms with van der Waals surface area (Å²) < 4.78 is 5.00. The third kappa shape index (κ3) is 3.51. The first kappa shape index (κ1) is 19.3. The zero-order valence-electron chi connectivity index (χ0n) is 17.4. The number of amides is 1. The van der Waals surface area contributed by atoms with Crippen LogP contribution in [0.25, 0.3) is 0 Å². The van der Waals surface area contributed by atoms with Crippen LogP contribution in [0.15, 0.2) is 42.6 Å². The largest absolute Gasteiger partial charge is 0.462 e. The Bertz CT molecular complexity index is 931. The number of carbonyl (C=O) groups excluding carboxylic acids is 2. The summed E-state index contributed by atoms with van der Waals surface area (Å²) in [4.78, 5) is 29.4. The summed E-state index contributed by atoms with van der Waals surface area (Å²) in [7, 11) is 0. The van der Waals surface area contributed by atoms with E-state index in [2.05, 4.69) is 5.32 Å². The summed E-state index contributed by atoms with van der Waals surface area (Å²) in [6.07, 6.45) is 9.64. The van der Waals surface area contributed by atoms with Gasteiger partial charge in [0.25, 0.3) is 5.91 Å². The van der Waals surface area contributed by atoms with Crippen LogP contribution in [0.2, 0.25) is 0 Å². The molecule has 4 aliphatic carbocycles. The van der Waals surface area contributed by atoms with Gasteiger partial charge in [0.2, 0.25) is 0 Å². The van der Waals surface area contributed by atoms with E-state index < -0.39 is 0 Å². The standard InChI is InChI=1S/C25H28N2O3/c1-2-30-24(29)19-3-5-21(6-4-19)27-23(28)20-7-8-26-22(12-20)25-13-16-9-17(14-25)11-18(10-16)15-25/h3-8,12,16-18H,2,9-11,13-15H2,1H3,(H,27,28). The van der Waals surface area contributed by atoms with Crippen molar-refractivity contribution in [3.8, 4) is 0 Å². The van der Waals surface area contributed by atoms with Gasteiger partial charge in [-0.1, -0.05) is 0 Å². The molecular weight excluding hydrogens is 376 g/mol. The maximum atomic E-state index is 12.9. The number of aromatic nitrogens is 1. The van der Waals surface area contributed by atoms with Crippen molar-refractivity contribution >= 4 is 17.6 Å². The lowest BCUT2D eigenvalue weighted by Crippen LogP contribution is -2.49. The quantitative estimate of drug-likeness (QED) is 0.714. The molecule has 30 heavy (non-hydrogen) atoms. The number of benzene rings is 1. The van der Waals surface area contributed by atoms with Crippen molar-refractivity contribution in [2.24, 2.45) is 17.8 Å². The number of anilines is 1. The molecule has 1 heterocycles. The number of nitrogens with zero attached hydrogens (tertiary/aromatic N) is 1. The minimum absolute atomic E-state index is 0.146. The minimum Gasteiger partial charge on any atom is -0.462 e. The van der Waals surface area contributed by atoms with E-state index >= 15 is 0 Å². The van der Waals surface area contributed by atoms with Gasteiger partial charge in [-0.3, -0.25) is 9.78 Å². The van der Waals surface area contributed by atoms with E-state index in [4.69, 9.17) is 9.72 Å². The van der Waals surface area contributed by atoms with E-state index in [1.165, 1.54) is 38.5 Å². The van der Waals surface area contributed by atoms with Crippen molar-refractivity contribution in [1.29, 1.82) is 0 Å². The fraction of sp³-hybridized carbons (Fsp3) is 0.480. The van der Waals surface area contributed by atoms with Gasteiger partial charge in [0.05, 0.1) is 12.2 Å². The Morgan fingerprint density at radius 3 is 2.23 bits per heavy atom. The molecule has 5 nitrogen and oxygen atoms in total. The molecule has 1 amide bonds. The van der Waals surface area contributed by atoms with Crippen molar-refractivity contribution in [2.75, 3.05) is 11.9 Å². The second kappa shape index (κ2) is 7.53. The number of carbonyl (C=O) groups is 2. The summed E-state index contributed by atoms with van der Waals surface area (Å²) in [5.74, 6) is 2.02. The zero-order valence-corrected chi connectivity index (χ0v) is 17.4. The topological polar surface area (TPSA) is 68.3 Å². The predicted molar refractivity (Wildman–Crippen MR) is 114 cm³/mol. The average Bonchev–Trinajstić information content (AvgIpc) is 2.73. The van der Waals surface area contributed by atoms with Crippen molar-refractivity contribution in [2.45, 2.75) is 50.9 Å². The van der Waals surface area contributed by atoms with E-state index in [9.17, 15) is 9.59 Å². The highest BCUT2D eigenvalue weighted by Crippen LogP contribution is 2.60. The number of nitrogens with one attached hydrogen (secondary N) is 1. The van der Waals surface area contributed by atoms with Gasteiger partial charge in [-0.25, -0.2) is 4.79 Å². The van der Waals surface area contributed by atoms with Gasteiger partial charge in [-0.2, -0.15) is 0 Å². The van der Waals surface area contributed by atoms with E-state index in [1.807, 2.05) is 6.07 Å². The van der Waals surface area contributed by atoms with Gasteiger partial charge in [0.1, 0.15) is 0 Å². The van der Waals surface area contributed by atoms with Crippen LogP contribution in [0.5, 0.6) is 0 Å². The Morgan fingerprint density at radius 2 is 1.63 bits per heavy atom. The summed E-state index contributed by atoms with van der Waals surface area (Å²) in [5.41, 5.74) is 3.05. The molecule has 1 aromatic carbocycles. The molecule has 5 heteroatoms. The molecule has 0 atom stereocenters. The first-order valence-electron chi connectivity index (χ1n) is 11.1. The Kier molecular flexibility index (Phi) is 4.84. The summed E-state index contributed by atoms with van der Waals surface area (Å²) in [5, 5.41) is 2.94. The molecule has 4 bridgehead atoms. The zero-order chi connectivity index (χ0) is 20.7. The van der Waals surface area contributed by atoms with Gasteiger partial charge < -0.3 is 10.1 Å². The molecule has 1 aromatic heterocycles. The molecule has 0 unspecified atom stereocenters. The molecule has 0 aliphatic heterocycles. The third-order valence-electron chi connectivity index (χ3n) is 7.26. The lowest BCUT2D eigenvalue weighted by atomic mass is 9.48. The highest BCUT2D eigenvalue weighted by atomic mass is 16.5. The second-order valence-electron chi connectivity index (χ2n) is 9.38. The number of ether oxygens (including phenoxy) is 1. The number of hydrogen-bond acceptors (Lipinski definition) is 4. The van der Waals surface area contributed by atoms with Crippen molar-refractivity contribution in [3.63, 3.8) is 0 Å². The van der Waals surface area contributed by atoms with Gasteiger partial charge in [-0.15, -0.1) is 0 Å². The van der Waals surface area contributed by atoms with Crippen LogP contribution in [0.1, 0.15) is 71.9 Å². The molecular formula is C25H28N2O3. The van der Waals surface area contributed by atoms with Crippen molar-refractivity contribution < 1.29 is 14.3 Å². The molecule has 1 N–H and O–H groups in total. The van der Waals surface area contributed by atoms with Crippen LogP contribution < -0.4 is 5.32 Å². The fourth-order valence-electron chi connectivity index (χ4n) is 6.39. The monoisotopic (exact) mass is 404 g/mol. The first-order valence-corrected chi connectivity index (χ1v) is 11.1. The Morgan fingerprint density at radius 1 is 1.00 bits per heavy atom. The maximum absolute atomic E-state index is 12.9. The number of hydrogen-bond donors (Lipinski definition) is 1. The minimum atomic E-state index is -0.357. The fourth-order valence-corrected chi connectivity index (χ4v) is 6.39. The second-order valence-corrected chi connectivity index (χ2v) is 9.38. The van der Waals surface area contributed by atoms with Gasteiger partial charge in [0.15, 0.2) is 0 Å². The SMILES string of the molecule is CCOC(=O)c1ccc(NC(=O)c2ccnc(C34CC5CC(CC(C5)C3)C4)c2)cc1. The lowest BCUT2D eigenvalue weighted by molar-refractivity contribution is -0.00721. The van der Waals surface area contributed by atoms with E-state index in [-0.39, 0.29) is 17.3 Å².